The molecule has 0 aliphatic carbocycles. The van der Waals surface area contributed by atoms with E-state index >= 15 is 0 Å². The van der Waals surface area contributed by atoms with Crippen LogP contribution in [0, 0.1) is 0 Å². The quantitative estimate of drug-likeness (QED) is 0.620. The lowest BCUT2D eigenvalue weighted by molar-refractivity contribution is 0.0786. The number of pyridine rings is 1. The van der Waals surface area contributed by atoms with Crippen molar-refractivity contribution in [1.82, 2.24) is 34.4 Å². The maximum atomic E-state index is 13.0. The van der Waals surface area contributed by atoms with E-state index in [0.29, 0.717) is 31.2 Å². The number of H-pyrrole nitrogens is 2. The van der Waals surface area contributed by atoms with Crippen LogP contribution in [0.3, 0.4) is 0 Å². The highest BCUT2D eigenvalue weighted by Crippen LogP contribution is 2.17. The van der Waals surface area contributed by atoms with Crippen molar-refractivity contribution >= 4 is 11.6 Å². The predicted octanol–water partition coefficient (Wildman–Crippen LogP) is 1.25. The minimum atomic E-state index is -0.332. The zero-order valence-electron chi connectivity index (χ0n) is 15.9. The molecule has 0 bridgehead atoms. The maximum absolute atomic E-state index is 13.0. The summed E-state index contributed by atoms with van der Waals surface area (Å²) in [7, 11) is 3.72. The minimum Gasteiger partial charge on any atom is -0.340 e. The smallest absolute Gasteiger partial charge is 0.340 e. The summed E-state index contributed by atoms with van der Waals surface area (Å²) in [6.07, 6.45) is 3.89. The highest BCUT2D eigenvalue weighted by molar-refractivity contribution is 5.94. The van der Waals surface area contributed by atoms with Crippen LogP contribution in [0.5, 0.6) is 0 Å². The number of carbonyl (C=O) groups excluding carboxylic acids is 1. The topological polar surface area (TPSA) is 102 Å². The highest BCUT2D eigenvalue weighted by Gasteiger charge is 2.22. The van der Waals surface area contributed by atoms with Gasteiger partial charge in [-0.15, -0.1) is 0 Å². The van der Waals surface area contributed by atoms with Crippen LogP contribution in [-0.2, 0) is 13.1 Å². The van der Waals surface area contributed by atoms with Crippen LogP contribution in [0.15, 0.2) is 29.2 Å². The summed E-state index contributed by atoms with van der Waals surface area (Å²) in [4.78, 5) is 35.1. The summed E-state index contributed by atoms with van der Waals surface area (Å²) >= 11 is 0. The molecule has 0 radical (unpaired) electrons. The summed E-state index contributed by atoms with van der Waals surface area (Å²) in [6, 6.07) is 5.70. The number of rotatable bonds is 8. The van der Waals surface area contributed by atoms with Crippen LogP contribution >= 0.6 is 0 Å². The zero-order valence-corrected chi connectivity index (χ0v) is 15.9. The molecule has 1 amide bonds. The molecule has 0 saturated carbocycles. The van der Waals surface area contributed by atoms with E-state index in [2.05, 4.69) is 27.1 Å². The Morgan fingerprint density at radius 2 is 2.07 bits per heavy atom. The molecule has 144 valence electrons. The van der Waals surface area contributed by atoms with E-state index < -0.39 is 0 Å². The van der Waals surface area contributed by atoms with Gasteiger partial charge >= 0.3 is 5.69 Å². The average molecular weight is 371 g/mol. The molecule has 0 unspecified atom stereocenters. The molecular weight excluding hydrogens is 346 g/mol. The molecule has 27 heavy (non-hydrogen) atoms. The molecule has 0 spiro atoms. The molecule has 2 N–H and O–H groups in total. The Bertz CT molecular complexity index is 971. The van der Waals surface area contributed by atoms with Crippen molar-refractivity contribution in [2.24, 2.45) is 0 Å². The van der Waals surface area contributed by atoms with Gasteiger partial charge in [0.25, 0.3) is 5.91 Å². The maximum Gasteiger partial charge on any atom is 0.340 e. The summed E-state index contributed by atoms with van der Waals surface area (Å²) in [6.45, 7) is 3.73. The first-order valence-corrected chi connectivity index (χ1v) is 9.03. The molecule has 9 heteroatoms. The van der Waals surface area contributed by atoms with Gasteiger partial charge in [-0.05, 0) is 25.6 Å². The largest absolute Gasteiger partial charge is 0.340 e. The van der Waals surface area contributed by atoms with Crippen LogP contribution in [-0.4, -0.2) is 60.9 Å². The normalized spacial score (nSPS) is 11.4. The van der Waals surface area contributed by atoms with Crippen molar-refractivity contribution in [2.45, 2.75) is 32.9 Å². The lowest BCUT2D eigenvalue weighted by Crippen LogP contribution is -2.30. The van der Waals surface area contributed by atoms with E-state index in [4.69, 9.17) is 0 Å². The zero-order chi connectivity index (χ0) is 19.4. The Morgan fingerprint density at radius 1 is 1.26 bits per heavy atom. The highest BCUT2D eigenvalue weighted by atomic mass is 16.2. The van der Waals surface area contributed by atoms with Crippen LogP contribution in [0.2, 0.25) is 0 Å². The van der Waals surface area contributed by atoms with Gasteiger partial charge in [-0.2, -0.15) is 5.10 Å². The van der Waals surface area contributed by atoms with E-state index in [-0.39, 0.29) is 11.6 Å². The summed E-state index contributed by atoms with van der Waals surface area (Å²) in [5.74, 6) is 0.466. The SMILES string of the molecule is CCCCN(C)C(=O)c1nc2ccccn2c1CN(C)Cc1n[nH]c(=O)[nH]1. The first-order chi connectivity index (χ1) is 13.0. The number of fused-ring (bicyclic) bond motifs is 1. The van der Waals surface area contributed by atoms with Crippen molar-refractivity contribution in [3.8, 4) is 0 Å². The van der Waals surface area contributed by atoms with Gasteiger partial charge in [0.1, 0.15) is 11.5 Å². The third kappa shape index (κ3) is 4.25. The number of hydrogen-bond acceptors (Lipinski definition) is 5. The number of aromatic amines is 2. The van der Waals surface area contributed by atoms with Gasteiger partial charge in [0.2, 0.25) is 0 Å². The van der Waals surface area contributed by atoms with Crippen molar-refractivity contribution in [2.75, 3.05) is 20.6 Å². The van der Waals surface area contributed by atoms with Gasteiger partial charge in [0, 0.05) is 26.3 Å². The number of aromatic nitrogens is 5. The standard InChI is InChI=1S/C18H25N7O2/c1-4-5-9-24(3)17(26)16-13(25-10-7-6-8-15(25)20-16)11-23(2)12-14-19-18(27)22-21-14/h6-8,10H,4-5,9,11-12H2,1-3H3,(H2,19,21,22,27). The molecule has 0 saturated heterocycles. The molecular formula is C18H25N7O2. The monoisotopic (exact) mass is 371 g/mol. The molecule has 0 aliphatic rings. The number of carbonyl (C=O) groups is 1. The summed E-state index contributed by atoms with van der Waals surface area (Å²) in [5, 5.41) is 6.29. The van der Waals surface area contributed by atoms with E-state index in [1.807, 2.05) is 47.8 Å². The Balaban J connectivity index is 1.88. The minimum absolute atomic E-state index is 0.0799. The Morgan fingerprint density at radius 3 is 2.78 bits per heavy atom. The van der Waals surface area contributed by atoms with E-state index in [9.17, 15) is 9.59 Å². The van der Waals surface area contributed by atoms with Crippen molar-refractivity contribution < 1.29 is 4.79 Å². The van der Waals surface area contributed by atoms with Crippen LogP contribution in [0.4, 0.5) is 0 Å². The van der Waals surface area contributed by atoms with E-state index in [1.54, 1.807) is 4.90 Å². The molecule has 3 heterocycles. The third-order valence-corrected chi connectivity index (χ3v) is 4.41. The van der Waals surface area contributed by atoms with Gasteiger partial charge in [-0.25, -0.2) is 14.9 Å². The second-order valence-electron chi connectivity index (χ2n) is 6.71. The Kier molecular flexibility index (Phi) is 5.70. The number of amides is 1. The first-order valence-electron chi connectivity index (χ1n) is 9.03. The van der Waals surface area contributed by atoms with Crippen molar-refractivity contribution in [3.63, 3.8) is 0 Å². The Hall–Kier alpha value is -2.94. The number of imidazole rings is 1. The lowest BCUT2D eigenvalue weighted by atomic mass is 10.2. The fraction of sp³-hybridized carbons (Fsp3) is 0.444. The van der Waals surface area contributed by atoms with E-state index in [1.165, 1.54) is 0 Å². The van der Waals surface area contributed by atoms with Gasteiger partial charge < -0.3 is 9.30 Å². The predicted molar refractivity (Wildman–Crippen MR) is 101 cm³/mol. The molecule has 3 rings (SSSR count). The molecule has 0 aromatic carbocycles. The number of unbranched alkanes of at least 4 members (excludes halogenated alkanes) is 1. The molecule has 0 aliphatic heterocycles. The molecule has 0 fully saturated rings. The van der Waals surface area contributed by atoms with Crippen LogP contribution in [0.25, 0.3) is 5.65 Å². The Labute approximate surface area is 157 Å². The first kappa shape index (κ1) is 18.8. The van der Waals surface area contributed by atoms with E-state index in [0.717, 1.165) is 24.2 Å². The average Bonchev–Trinajstić information content (AvgIpc) is 3.22. The molecule has 3 aromatic rings. The second-order valence-corrected chi connectivity index (χ2v) is 6.71. The lowest BCUT2D eigenvalue weighted by Gasteiger charge is -2.18. The number of hydrogen-bond donors (Lipinski definition) is 2. The number of nitrogens with zero attached hydrogens (tertiary/aromatic N) is 5. The van der Waals surface area contributed by atoms with Gasteiger partial charge in [0.15, 0.2) is 5.69 Å². The molecule has 3 aromatic heterocycles. The van der Waals surface area contributed by atoms with Gasteiger partial charge in [-0.3, -0.25) is 14.7 Å². The molecule has 0 atom stereocenters. The van der Waals surface area contributed by atoms with Crippen LogP contribution in [0.1, 0.15) is 41.8 Å². The van der Waals surface area contributed by atoms with Gasteiger partial charge in [-0.1, -0.05) is 19.4 Å². The van der Waals surface area contributed by atoms with Crippen molar-refractivity contribution in [3.05, 3.63) is 52.1 Å². The fourth-order valence-corrected chi connectivity index (χ4v) is 2.99. The number of nitrogens with one attached hydrogen (secondary N) is 2. The summed E-state index contributed by atoms with van der Waals surface area (Å²) in [5.41, 5.74) is 1.68. The molecule has 9 nitrogen and oxygen atoms in total. The third-order valence-electron chi connectivity index (χ3n) is 4.41. The fourth-order valence-electron chi connectivity index (χ4n) is 2.99. The van der Waals surface area contributed by atoms with Gasteiger partial charge in [0.05, 0.1) is 12.2 Å². The second kappa shape index (κ2) is 8.17. The summed E-state index contributed by atoms with van der Waals surface area (Å²) < 4.78 is 1.94. The van der Waals surface area contributed by atoms with Crippen LogP contribution < -0.4 is 5.69 Å². The van der Waals surface area contributed by atoms with Crippen molar-refractivity contribution in [1.29, 1.82) is 0 Å².